The Bertz CT molecular complexity index is 683. The largest absolute Gasteiger partial charge is 0.469 e. The summed E-state index contributed by atoms with van der Waals surface area (Å²) in [4.78, 5) is 39.6. The molecule has 2 fully saturated rings. The first-order chi connectivity index (χ1) is 12.0. The second-order valence-electron chi connectivity index (χ2n) is 6.58. The van der Waals surface area contributed by atoms with Crippen molar-refractivity contribution >= 4 is 23.6 Å². The average Bonchev–Trinajstić information content (AvgIpc) is 3.41. The average molecular weight is 345 g/mol. The highest BCUT2D eigenvalue weighted by Gasteiger charge is 2.50. The van der Waals surface area contributed by atoms with Crippen LogP contribution in [0.3, 0.4) is 0 Å². The number of piperazine rings is 1. The Labute approximate surface area is 146 Å². The Morgan fingerprint density at radius 2 is 1.76 bits per heavy atom. The van der Waals surface area contributed by atoms with E-state index in [1.54, 1.807) is 9.80 Å². The third kappa shape index (κ3) is 3.92. The Morgan fingerprint density at radius 3 is 2.40 bits per heavy atom. The van der Waals surface area contributed by atoms with Crippen molar-refractivity contribution in [3.63, 3.8) is 0 Å². The number of hydrogen-bond donors (Lipinski definition) is 1. The summed E-state index contributed by atoms with van der Waals surface area (Å²) in [5, 5.41) is 2.88. The van der Waals surface area contributed by atoms with Crippen molar-refractivity contribution in [3.05, 3.63) is 29.8 Å². The summed E-state index contributed by atoms with van der Waals surface area (Å²) < 4.78 is 4.68. The van der Waals surface area contributed by atoms with Crippen LogP contribution in [0.4, 0.5) is 10.5 Å². The zero-order valence-electron chi connectivity index (χ0n) is 14.5. The van der Waals surface area contributed by atoms with Gasteiger partial charge in [-0.25, -0.2) is 4.79 Å². The molecule has 1 aliphatic heterocycles. The van der Waals surface area contributed by atoms with Crippen LogP contribution >= 0.6 is 0 Å². The fourth-order valence-electron chi connectivity index (χ4n) is 3.17. The summed E-state index contributed by atoms with van der Waals surface area (Å²) in [6, 6.07) is 7.48. The second kappa shape index (κ2) is 7.13. The van der Waals surface area contributed by atoms with Crippen LogP contribution in [-0.2, 0) is 14.3 Å². The van der Waals surface area contributed by atoms with E-state index in [9.17, 15) is 14.4 Å². The molecule has 1 aromatic rings. The predicted octanol–water partition coefficient (Wildman–Crippen LogP) is 1.48. The van der Waals surface area contributed by atoms with Gasteiger partial charge in [-0.15, -0.1) is 0 Å². The molecule has 0 aromatic heterocycles. The lowest BCUT2D eigenvalue weighted by Crippen LogP contribution is -2.52. The van der Waals surface area contributed by atoms with Crippen LogP contribution in [-0.4, -0.2) is 61.0 Å². The van der Waals surface area contributed by atoms with Crippen molar-refractivity contribution in [2.75, 3.05) is 38.6 Å². The molecule has 0 unspecified atom stereocenters. The molecule has 2 atom stereocenters. The van der Waals surface area contributed by atoms with E-state index in [1.807, 2.05) is 31.2 Å². The van der Waals surface area contributed by atoms with Gasteiger partial charge in [0.25, 0.3) is 0 Å². The molecule has 0 radical (unpaired) electrons. The third-order valence-electron chi connectivity index (χ3n) is 4.76. The topological polar surface area (TPSA) is 79.0 Å². The van der Waals surface area contributed by atoms with Crippen LogP contribution in [0, 0.1) is 18.8 Å². The zero-order chi connectivity index (χ0) is 18.0. The molecule has 3 amide bonds. The monoisotopic (exact) mass is 345 g/mol. The molecule has 0 bridgehead atoms. The molecule has 1 aromatic carbocycles. The van der Waals surface area contributed by atoms with Gasteiger partial charge in [0.15, 0.2) is 0 Å². The standard InChI is InChI=1S/C18H23N3O4/c1-12-4-3-5-13(10-12)19-18(24)21-8-6-20(7-9-21)16(22)14-11-15(14)17(23)25-2/h3-5,10,14-15H,6-9,11H2,1-2H3,(H,19,24)/t14-,15+/m0/s1. The number of carbonyl (C=O) groups excluding carboxylic acids is 3. The van der Waals surface area contributed by atoms with Crippen molar-refractivity contribution in [1.82, 2.24) is 9.80 Å². The van der Waals surface area contributed by atoms with E-state index in [0.717, 1.165) is 11.3 Å². The van der Waals surface area contributed by atoms with E-state index in [0.29, 0.717) is 32.6 Å². The number of carbonyl (C=O) groups is 3. The molecule has 1 aliphatic carbocycles. The first-order valence-electron chi connectivity index (χ1n) is 8.49. The van der Waals surface area contributed by atoms with E-state index in [1.165, 1.54) is 7.11 Å². The van der Waals surface area contributed by atoms with Gasteiger partial charge in [0.2, 0.25) is 5.91 Å². The van der Waals surface area contributed by atoms with Gasteiger partial charge in [0.05, 0.1) is 18.9 Å². The number of anilines is 1. The zero-order valence-corrected chi connectivity index (χ0v) is 14.5. The number of hydrogen-bond acceptors (Lipinski definition) is 4. The minimum atomic E-state index is -0.311. The Kier molecular flexibility index (Phi) is 4.92. The summed E-state index contributed by atoms with van der Waals surface area (Å²) in [6.45, 7) is 3.92. The van der Waals surface area contributed by atoms with Gasteiger partial charge in [-0.2, -0.15) is 0 Å². The van der Waals surface area contributed by atoms with Gasteiger partial charge < -0.3 is 19.9 Å². The maximum atomic E-state index is 12.4. The molecule has 1 saturated heterocycles. The maximum Gasteiger partial charge on any atom is 0.321 e. The Hall–Kier alpha value is -2.57. The van der Waals surface area contributed by atoms with E-state index >= 15 is 0 Å². The van der Waals surface area contributed by atoms with Gasteiger partial charge in [0.1, 0.15) is 0 Å². The lowest BCUT2D eigenvalue weighted by atomic mass is 10.2. The van der Waals surface area contributed by atoms with Gasteiger partial charge in [-0.05, 0) is 31.0 Å². The molecule has 2 aliphatic rings. The number of rotatable bonds is 3. The lowest BCUT2D eigenvalue weighted by Gasteiger charge is -2.35. The highest BCUT2D eigenvalue weighted by atomic mass is 16.5. The van der Waals surface area contributed by atoms with Crippen LogP contribution in [0.25, 0.3) is 0 Å². The summed E-state index contributed by atoms with van der Waals surface area (Å²) in [5.41, 5.74) is 1.85. The molecule has 1 N–H and O–H groups in total. The number of nitrogens with one attached hydrogen (secondary N) is 1. The lowest BCUT2D eigenvalue weighted by molar-refractivity contribution is -0.145. The minimum absolute atomic E-state index is 0.00542. The fraction of sp³-hybridized carbons (Fsp3) is 0.500. The molecular weight excluding hydrogens is 322 g/mol. The number of ether oxygens (including phenoxy) is 1. The predicted molar refractivity (Wildman–Crippen MR) is 92.0 cm³/mol. The molecule has 1 saturated carbocycles. The summed E-state index contributed by atoms with van der Waals surface area (Å²) in [5.74, 6) is -0.857. The van der Waals surface area contributed by atoms with Crippen LogP contribution < -0.4 is 5.32 Å². The number of urea groups is 1. The first kappa shape index (κ1) is 17.3. The second-order valence-corrected chi connectivity index (χ2v) is 6.58. The van der Waals surface area contributed by atoms with Gasteiger partial charge in [-0.1, -0.05) is 12.1 Å². The van der Waals surface area contributed by atoms with E-state index in [-0.39, 0.29) is 29.7 Å². The number of benzene rings is 1. The van der Waals surface area contributed by atoms with Gasteiger partial charge in [0, 0.05) is 31.9 Å². The molecule has 7 nitrogen and oxygen atoms in total. The number of esters is 1. The summed E-state index contributed by atoms with van der Waals surface area (Å²) >= 11 is 0. The molecule has 7 heteroatoms. The van der Waals surface area contributed by atoms with Crippen molar-refractivity contribution in [3.8, 4) is 0 Å². The summed E-state index contributed by atoms with van der Waals surface area (Å²) in [6.07, 6.45) is 0.569. The van der Waals surface area contributed by atoms with Crippen molar-refractivity contribution in [2.45, 2.75) is 13.3 Å². The highest BCUT2D eigenvalue weighted by molar-refractivity contribution is 5.91. The van der Waals surface area contributed by atoms with Crippen molar-refractivity contribution in [1.29, 1.82) is 0 Å². The van der Waals surface area contributed by atoms with E-state index < -0.39 is 0 Å². The molecule has 1 heterocycles. The SMILES string of the molecule is COC(=O)[C@@H]1C[C@@H]1C(=O)N1CCN(C(=O)Nc2cccc(C)c2)CC1. The van der Waals surface area contributed by atoms with Crippen LogP contribution in [0.2, 0.25) is 0 Å². The maximum absolute atomic E-state index is 12.4. The van der Waals surface area contributed by atoms with Crippen molar-refractivity contribution in [2.24, 2.45) is 11.8 Å². The van der Waals surface area contributed by atoms with Gasteiger partial charge >= 0.3 is 12.0 Å². The van der Waals surface area contributed by atoms with Crippen molar-refractivity contribution < 1.29 is 19.1 Å². The fourth-order valence-corrected chi connectivity index (χ4v) is 3.17. The van der Waals surface area contributed by atoms with E-state index in [2.05, 4.69) is 10.1 Å². The molecular formula is C18H23N3O4. The Balaban J connectivity index is 1.48. The number of aryl methyl sites for hydroxylation is 1. The molecule has 25 heavy (non-hydrogen) atoms. The molecule has 3 rings (SSSR count). The quantitative estimate of drug-likeness (QED) is 0.842. The van der Waals surface area contributed by atoms with Crippen LogP contribution in [0.15, 0.2) is 24.3 Å². The van der Waals surface area contributed by atoms with Crippen LogP contribution in [0.5, 0.6) is 0 Å². The Morgan fingerprint density at radius 1 is 1.08 bits per heavy atom. The van der Waals surface area contributed by atoms with Crippen LogP contribution in [0.1, 0.15) is 12.0 Å². The number of nitrogens with zero attached hydrogens (tertiary/aromatic N) is 2. The minimum Gasteiger partial charge on any atom is -0.469 e. The number of methoxy groups -OCH3 is 1. The summed E-state index contributed by atoms with van der Waals surface area (Å²) in [7, 11) is 1.34. The highest BCUT2D eigenvalue weighted by Crippen LogP contribution is 2.40. The molecule has 0 spiro atoms. The first-order valence-corrected chi connectivity index (χ1v) is 8.49. The number of amides is 3. The smallest absolute Gasteiger partial charge is 0.321 e. The third-order valence-corrected chi connectivity index (χ3v) is 4.76. The normalized spacial score (nSPS) is 22.3. The molecule has 134 valence electrons. The van der Waals surface area contributed by atoms with Gasteiger partial charge in [-0.3, -0.25) is 9.59 Å². The van der Waals surface area contributed by atoms with E-state index in [4.69, 9.17) is 0 Å².